The van der Waals surface area contributed by atoms with Crippen LogP contribution < -0.4 is 0 Å². The molecular formula is C14H18N4O2. The van der Waals surface area contributed by atoms with Crippen molar-refractivity contribution in [3.05, 3.63) is 24.3 Å². The number of nitrogens with zero attached hydrogens (tertiary/aromatic N) is 4. The van der Waals surface area contributed by atoms with E-state index in [1.165, 1.54) is 12.4 Å². The summed E-state index contributed by atoms with van der Waals surface area (Å²) in [7, 11) is 1.86. The lowest BCUT2D eigenvalue weighted by Crippen LogP contribution is -2.46. The van der Waals surface area contributed by atoms with Gasteiger partial charge in [-0.05, 0) is 19.3 Å². The Morgan fingerprint density at radius 3 is 2.45 bits per heavy atom. The maximum absolute atomic E-state index is 12.3. The first kappa shape index (κ1) is 13.0. The van der Waals surface area contributed by atoms with Gasteiger partial charge in [-0.3, -0.25) is 14.6 Å². The van der Waals surface area contributed by atoms with Crippen LogP contribution in [-0.2, 0) is 4.79 Å². The summed E-state index contributed by atoms with van der Waals surface area (Å²) in [4.78, 5) is 36.1. The van der Waals surface area contributed by atoms with E-state index in [4.69, 9.17) is 0 Å². The molecule has 2 fully saturated rings. The number of rotatable bonds is 1. The highest BCUT2D eigenvalue weighted by Crippen LogP contribution is 2.41. The Morgan fingerprint density at radius 1 is 1.20 bits per heavy atom. The number of likely N-dealkylation sites (tertiary alicyclic amines) is 2. The lowest BCUT2D eigenvalue weighted by Gasteiger charge is -2.37. The molecule has 0 aliphatic carbocycles. The van der Waals surface area contributed by atoms with E-state index in [1.54, 1.807) is 16.0 Å². The zero-order chi connectivity index (χ0) is 14.2. The van der Waals surface area contributed by atoms with Crippen LogP contribution in [0.15, 0.2) is 18.6 Å². The molecule has 1 aromatic heterocycles. The van der Waals surface area contributed by atoms with Gasteiger partial charge in [0.15, 0.2) is 0 Å². The first-order valence-corrected chi connectivity index (χ1v) is 6.93. The van der Waals surface area contributed by atoms with Gasteiger partial charge >= 0.3 is 0 Å². The molecule has 106 valence electrons. The van der Waals surface area contributed by atoms with Crippen molar-refractivity contribution in [1.29, 1.82) is 0 Å². The van der Waals surface area contributed by atoms with Gasteiger partial charge in [-0.1, -0.05) is 0 Å². The van der Waals surface area contributed by atoms with E-state index >= 15 is 0 Å². The van der Waals surface area contributed by atoms with E-state index in [-0.39, 0.29) is 17.2 Å². The molecule has 0 unspecified atom stereocenters. The second-order valence-electron chi connectivity index (χ2n) is 5.64. The van der Waals surface area contributed by atoms with Gasteiger partial charge < -0.3 is 9.80 Å². The third-order valence-electron chi connectivity index (χ3n) is 4.52. The second-order valence-corrected chi connectivity index (χ2v) is 5.64. The van der Waals surface area contributed by atoms with Gasteiger partial charge in [-0.25, -0.2) is 4.98 Å². The van der Waals surface area contributed by atoms with E-state index in [0.29, 0.717) is 18.8 Å². The summed E-state index contributed by atoms with van der Waals surface area (Å²) in [6.07, 6.45) is 6.98. The predicted molar refractivity (Wildman–Crippen MR) is 71.9 cm³/mol. The molecule has 0 aromatic carbocycles. The zero-order valence-corrected chi connectivity index (χ0v) is 11.6. The predicted octanol–water partition coefficient (Wildman–Crippen LogP) is 0.561. The fraction of sp³-hybridized carbons (Fsp3) is 0.571. The van der Waals surface area contributed by atoms with Crippen LogP contribution in [0.3, 0.4) is 0 Å². The molecule has 0 saturated carbocycles. The number of carbonyl (C=O) groups excluding carboxylic acids is 2. The van der Waals surface area contributed by atoms with E-state index in [9.17, 15) is 9.59 Å². The molecule has 2 aliphatic heterocycles. The summed E-state index contributed by atoms with van der Waals surface area (Å²) in [6, 6.07) is 0. The van der Waals surface area contributed by atoms with Gasteiger partial charge in [0.2, 0.25) is 5.91 Å². The summed E-state index contributed by atoms with van der Waals surface area (Å²) in [5.41, 5.74) is 0.145. The average molecular weight is 274 g/mol. The van der Waals surface area contributed by atoms with E-state index in [1.807, 2.05) is 7.05 Å². The highest BCUT2D eigenvalue weighted by atomic mass is 16.2. The van der Waals surface area contributed by atoms with Crippen LogP contribution in [-0.4, -0.2) is 58.3 Å². The van der Waals surface area contributed by atoms with Crippen molar-refractivity contribution < 1.29 is 9.59 Å². The number of hydrogen-bond donors (Lipinski definition) is 0. The van der Waals surface area contributed by atoms with Gasteiger partial charge in [-0.15, -0.1) is 0 Å². The number of hydrogen-bond acceptors (Lipinski definition) is 4. The Kier molecular flexibility index (Phi) is 3.16. The smallest absolute Gasteiger partial charge is 0.274 e. The topological polar surface area (TPSA) is 66.4 Å². The van der Waals surface area contributed by atoms with Crippen LogP contribution in [0.5, 0.6) is 0 Å². The minimum Gasteiger partial charge on any atom is -0.345 e. The maximum Gasteiger partial charge on any atom is 0.274 e. The molecule has 2 saturated heterocycles. The molecule has 0 radical (unpaired) electrons. The van der Waals surface area contributed by atoms with E-state index in [0.717, 1.165) is 25.8 Å². The van der Waals surface area contributed by atoms with Gasteiger partial charge in [0, 0.05) is 39.1 Å². The molecular weight excluding hydrogens is 256 g/mol. The average Bonchev–Trinajstić information content (AvgIpc) is 2.77. The van der Waals surface area contributed by atoms with Gasteiger partial charge in [0.25, 0.3) is 5.91 Å². The van der Waals surface area contributed by atoms with Crippen LogP contribution in [0.2, 0.25) is 0 Å². The largest absolute Gasteiger partial charge is 0.345 e. The van der Waals surface area contributed by atoms with Crippen LogP contribution >= 0.6 is 0 Å². The Morgan fingerprint density at radius 2 is 1.90 bits per heavy atom. The number of piperidine rings is 1. The third-order valence-corrected chi connectivity index (χ3v) is 4.52. The summed E-state index contributed by atoms with van der Waals surface area (Å²) in [5.74, 6) is 0.149. The monoisotopic (exact) mass is 274 g/mol. The Hall–Kier alpha value is -1.98. The highest BCUT2D eigenvalue weighted by Gasteiger charge is 2.47. The lowest BCUT2D eigenvalue weighted by atomic mass is 9.77. The molecule has 6 heteroatoms. The number of carbonyl (C=O) groups is 2. The van der Waals surface area contributed by atoms with Crippen molar-refractivity contribution >= 4 is 11.8 Å². The Bertz CT molecular complexity index is 523. The third kappa shape index (κ3) is 2.05. The number of amides is 2. The Labute approximate surface area is 117 Å². The SMILES string of the molecule is CN1CCC2(CCN(C(=O)c3cnccn3)CC2)C1=O. The van der Waals surface area contributed by atoms with Crippen molar-refractivity contribution in [2.75, 3.05) is 26.7 Å². The molecule has 6 nitrogen and oxygen atoms in total. The van der Waals surface area contributed by atoms with Crippen molar-refractivity contribution in [1.82, 2.24) is 19.8 Å². The second kappa shape index (κ2) is 4.85. The molecule has 1 spiro atoms. The van der Waals surface area contributed by atoms with Crippen LogP contribution in [0.25, 0.3) is 0 Å². The normalized spacial score (nSPS) is 21.6. The molecule has 2 amide bonds. The van der Waals surface area contributed by atoms with Crippen molar-refractivity contribution in [2.24, 2.45) is 5.41 Å². The fourth-order valence-corrected chi connectivity index (χ4v) is 3.17. The quantitative estimate of drug-likeness (QED) is 0.750. The summed E-state index contributed by atoms with van der Waals surface area (Å²) in [6.45, 7) is 2.07. The molecule has 0 bridgehead atoms. The van der Waals surface area contributed by atoms with E-state index in [2.05, 4.69) is 9.97 Å². The molecule has 0 atom stereocenters. The van der Waals surface area contributed by atoms with Gasteiger partial charge in [0.1, 0.15) is 5.69 Å². The minimum atomic E-state index is -0.228. The molecule has 3 rings (SSSR count). The molecule has 3 heterocycles. The summed E-state index contributed by atoms with van der Waals surface area (Å²) in [5, 5.41) is 0. The first-order valence-electron chi connectivity index (χ1n) is 6.93. The minimum absolute atomic E-state index is 0.0910. The standard InChI is InChI=1S/C14H18N4O2/c1-17-7-2-14(13(17)20)3-8-18(9-4-14)12(19)11-10-15-5-6-16-11/h5-6,10H,2-4,7-9H2,1H3. The fourth-order valence-electron chi connectivity index (χ4n) is 3.17. The summed E-state index contributed by atoms with van der Waals surface area (Å²) >= 11 is 0. The van der Waals surface area contributed by atoms with E-state index < -0.39 is 0 Å². The first-order chi connectivity index (χ1) is 9.62. The maximum atomic E-state index is 12.3. The summed E-state index contributed by atoms with van der Waals surface area (Å²) < 4.78 is 0. The molecule has 2 aliphatic rings. The van der Waals surface area contributed by atoms with Gasteiger partial charge in [-0.2, -0.15) is 0 Å². The van der Waals surface area contributed by atoms with Crippen LogP contribution in [0.1, 0.15) is 29.8 Å². The molecule has 1 aromatic rings. The van der Waals surface area contributed by atoms with Gasteiger partial charge in [0.05, 0.1) is 11.6 Å². The van der Waals surface area contributed by atoms with Crippen molar-refractivity contribution in [3.63, 3.8) is 0 Å². The molecule has 20 heavy (non-hydrogen) atoms. The van der Waals surface area contributed by atoms with Crippen molar-refractivity contribution in [2.45, 2.75) is 19.3 Å². The number of aromatic nitrogens is 2. The Balaban J connectivity index is 1.67. The zero-order valence-electron chi connectivity index (χ0n) is 11.6. The van der Waals surface area contributed by atoms with Crippen LogP contribution in [0, 0.1) is 5.41 Å². The lowest BCUT2D eigenvalue weighted by molar-refractivity contribution is -0.137. The molecule has 0 N–H and O–H groups in total. The highest BCUT2D eigenvalue weighted by molar-refractivity contribution is 5.92. The van der Waals surface area contributed by atoms with Crippen molar-refractivity contribution in [3.8, 4) is 0 Å². The van der Waals surface area contributed by atoms with Crippen LogP contribution in [0.4, 0.5) is 0 Å².